The van der Waals surface area contributed by atoms with Gasteiger partial charge >= 0.3 is 5.97 Å². The van der Waals surface area contributed by atoms with Crippen LogP contribution in [0.2, 0.25) is 0 Å². The zero-order valence-electron chi connectivity index (χ0n) is 10.0. The van der Waals surface area contributed by atoms with Crippen LogP contribution in [0, 0.1) is 5.92 Å². The van der Waals surface area contributed by atoms with Crippen LogP contribution in [0.25, 0.3) is 0 Å². The smallest absolute Gasteiger partial charge is 0.309 e. The fourth-order valence-corrected chi connectivity index (χ4v) is 1.84. The van der Waals surface area contributed by atoms with Crippen LogP contribution < -0.4 is 5.32 Å². The molecule has 0 heterocycles. The summed E-state index contributed by atoms with van der Waals surface area (Å²) in [5, 5.41) is 3.20. The second-order valence-corrected chi connectivity index (χ2v) is 5.03. The molecular weight excluding hydrogens is 214 g/mol. The van der Waals surface area contributed by atoms with E-state index in [1.165, 1.54) is 0 Å². The van der Waals surface area contributed by atoms with Crippen LogP contribution in [0.15, 0.2) is 0 Å². The Kier molecular flexibility index (Phi) is 5.60. The lowest BCUT2D eigenvalue weighted by molar-refractivity contribution is -0.159. The summed E-state index contributed by atoms with van der Waals surface area (Å²) in [5.41, 5.74) is -0.352. The molecule has 1 aliphatic carbocycles. The zero-order valence-corrected chi connectivity index (χ0v) is 10.8. The molecule has 0 radical (unpaired) electrons. The fraction of sp³-hybridized carbons (Fsp3) is 0.909. The molecule has 1 fully saturated rings. The minimum atomic E-state index is -0.352. The number of carbonyl (C=O) groups excluding carboxylic acids is 1. The van der Waals surface area contributed by atoms with E-state index in [4.69, 9.17) is 4.74 Å². The second kappa shape index (κ2) is 5.71. The van der Waals surface area contributed by atoms with Crippen LogP contribution in [0.4, 0.5) is 0 Å². The normalized spacial score (nSPS) is 25.9. The highest BCUT2D eigenvalue weighted by molar-refractivity contribution is 5.85. The average Bonchev–Trinajstić information content (AvgIpc) is 2.48. The Balaban J connectivity index is 0.00000196. The zero-order chi connectivity index (χ0) is 10.8. The third kappa shape index (κ3) is 4.85. The van der Waals surface area contributed by atoms with Crippen molar-refractivity contribution in [2.24, 2.45) is 5.92 Å². The SMILES string of the molecule is CN[C@H]1CC[C@@H](C(=O)OC(C)(C)C)C1.Cl. The summed E-state index contributed by atoms with van der Waals surface area (Å²) in [6.45, 7) is 5.74. The van der Waals surface area contributed by atoms with Crippen molar-refractivity contribution in [3.63, 3.8) is 0 Å². The van der Waals surface area contributed by atoms with Crippen molar-refractivity contribution in [3.05, 3.63) is 0 Å². The summed E-state index contributed by atoms with van der Waals surface area (Å²) in [7, 11) is 1.95. The molecule has 0 saturated heterocycles. The lowest BCUT2D eigenvalue weighted by Crippen LogP contribution is -2.29. The highest BCUT2D eigenvalue weighted by atomic mass is 35.5. The molecule has 1 saturated carbocycles. The van der Waals surface area contributed by atoms with E-state index in [2.05, 4.69) is 5.32 Å². The molecule has 0 amide bonds. The number of rotatable bonds is 2. The molecule has 0 aromatic carbocycles. The van der Waals surface area contributed by atoms with Crippen LogP contribution in [0.5, 0.6) is 0 Å². The highest BCUT2D eigenvalue weighted by Crippen LogP contribution is 2.27. The van der Waals surface area contributed by atoms with Gasteiger partial charge in [0.15, 0.2) is 0 Å². The average molecular weight is 236 g/mol. The van der Waals surface area contributed by atoms with Gasteiger partial charge < -0.3 is 10.1 Å². The van der Waals surface area contributed by atoms with Crippen molar-refractivity contribution in [2.75, 3.05) is 7.05 Å². The molecule has 1 rings (SSSR count). The topological polar surface area (TPSA) is 38.3 Å². The first kappa shape index (κ1) is 14.7. The molecule has 3 nitrogen and oxygen atoms in total. The van der Waals surface area contributed by atoms with Gasteiger partial charge in [0, 0.05) is 6.04 Å². The van der Waals surface area contributed by atoms with Gasteiger partial charge in [-0.1, -0.05) is 0 Å². The number of hydrogen-bond acceptors (Lipinski definition) is 3. The van der Waals surface area contributed by atoms with Crippen molar-refractivity contribution in [3.8, 4) is 0 Å². The first-order valence-electron chi connectivity index (χ1n) is 5.32. The van der Waals surface area contributed by atoms with Crippen molar-refractivity contribution < 1.29 is 9.53 Å². The second-order valence-electron chi connectivity index (χ2n) is 5.03. The maximum Gasteiger partial charge on any atom is 0.309 e. The van der Waals surface area contributed by atoms with E-state index in [1.54, 1.807) is 0 Å². The molecule has 0 aliphatic heterocycles. The molecule has 0 spiro atoms. The molecule has 0 aromatic rings. The van der Waals surface area contributed by atoms with Crippen LogP contribution in [-0.4, -0.2) is 24.7 Å². The van der Waals surface area contributed by atoms with Crippen LogP contribution in [0.3, 0.4) is 0 Å². The number of carbonyl (C=O) groups is 1. The predicted molar refractivity (Wildman–Crippen MR) is 63.3 cm³/mol. The first-order valence-corrected chi connectivity index (χ1v) is 5.32. The van der Waals surface area contributed by atoms with Crippen molar-refractivity contribution in [1.82, 2.24) is 5.32 Å². The maximum absolute atomic E-state index is 11.7. The number of hydrogen-bond donors (Lipinski definition) is 1. The number of esters is 1. The lowest BCUT2D eigenvalue weighted by Gasteiger charge is -2.22. The summed E-state index contributed by atoms with van der Waals surface area (Å²) in [5.74, 6) is 0.0712. The molecule has 90 valence electrons. The van der Waals surface area contributed by atoms with Gasteiger partial charge in [0.1, 0.15) is 5.60 Å². The van der Waals surface area contributed by atoms with Crippen molar-refractivity contribution in [1.29, 1.82) is 0 Å². The van der Waals surface area contributed by atoms with E-state index in [0.717, 1.165) is 19.3 Å². The Morgan fingerprint density at radius 3 is 2.33 bits per heavy atom. The summed E-state index contributed by atoms with van der Waals surface area (Å²) in [4.78, 5) is 11.7. The van der Waals surface area contributed by atoms with Gasteiger partial charge in [-0.05, 0) is 47.1 Å². The van der Waals surface area contributed by atoms with Crippen LogP contribution >= 0.6 is 12.4 Å². The third-order valence-electron chi connectivity index (χ3n) is 2.58. The standard InChI is InChI=1S/C11H21NO2.ClH/c1-11(2,3)14-10(13)8-5-6-9(7-8)12-4;/h8-9,12H,5-7H2,1-4H3;1H/t8-,9+;/m1./s1. The number of ether oxygens (including phenoxy) is 1. The molecule has 1 aliphatic rings. The molecule has 2 atom stereocenters. The molecule has 0 unspecified atom stereocenters. The van der Waals surface area contributed by atoms with E-state index in [1.807, 2.05) is 27.8 Å². The lowest BCUT2D eigenvalue weighted by atomic mass is 10.1. The summed E-state index contributed by atoms with van der Waals surface area (Å²) >= 11 is 0. The first-order chi connectivity index (χ1) is 6.42. The quantitative estimate of drug-likeness (QED) is 0.746. The van der Waals surface area contributed by atoms with Crippen LogP contribution in [0.1, 0.15) is 40.0 Å². The van der Waals surface area contributed by atoms with Gasteiger partial charge in [-0.2, -0.15) is 0 Å². The van der Waals surface area contributed by atoms with Gasteiger partial charge in [0.2, 0.25) is 0 Å². The highest BCUT2D eigenvalue weighted by Gasteiger charge is 2.32. The van der Waals surface area contributed by atoms with Gasteiger partial charge in [-0.15, -0.1) is 12.4 Å². The summed E-state index contributed by atoms with van der Waals surface area (Å²) in [6.07, 6.45) is 2.96. The van der Waals surface area contributed by atoms with E-state index < -0.39 is 0 Å². The number of nitrogens with one attached hydrogen (secondary N) is 1. The summed E-state index contributed by atoms with van der Waals surface area (Å²) in [6, 6.07) is 0.493. The van der Waals surface area contributed by atoms with Gasteiger partial charge in [-0.25, -0.2) is 0 Å². The molecule has 4 heteroatoms. The Hall–Kier alpha value is -0.280. The predicted octanol–water partition coefficient (Wildman–Crippen LogP) is 2.14. The Morgan fingerprint density at radius 1 is 1.33 bits per heavy atom. The van der Waals surface area contributed by atoms with E-state index in [-0.39, 0.29) is 29.9 Å². The Bertz CT molecular complexity index is 213. The third-order valence-corrected chi connectivity index (χ3v) is 2.58. The Labute approximate surface area is 98.4 Å². The Morgan fingerprint density at radius 2 is 1.93 bits per heavy atom. The number of halogens is 1. The van der Waals surface area contributed by atoms with Gasteiger partial charge in [0.25, 0.3) is 0 Å². The van der Waals surface area contributed by atoms with Gasteiger partial charge in [0.05, 0.1) is 5.92 Å². The molecule has 1 N–H and O–H groups in total. The van der Waals surface area contributed by atoms with Crippen molar-refractivity contribution in [2.45, 2.75) is 51.7 Å². The van der Waals surface area contributed by atoms with Crippen molar-refractivity contribution >= 4 is 18.4 Å². The van der Waals surface area contributed by atoms with E-state index >= 15 is 0 Å². The molecular formula is C11H22ClNO2. The summed E-state index contributed by atoms with van der Waals surface area (Å²) < 4.78 is 5.35. The minimum absolute atomic E-state index is 0. The largest absolute Gasteiger partial charge is 0.460 e. The fourth-order valence-electron chi connectivity index (χ4n) is 1.84. The molecule has 0 aromatic heterocycles. The molecule has 0 bridgehead atoms. The monoisotopic (exact) mass is 235 g/mol. The molecule has 15 heavy (non-hydrogen) atoms. The van der Waals surface area contributed by atoms with E-state index in [9.17, 15) is 4.79 Å². The van der Waals surface area contributed by atoms with Gasteiger partial charge in [-0.3, -0.25) is 4.79 Å². The minimum Gasteiger partial charge on any atom is -0.460 e. The van der Waals surface area contributed by atoms with E-state index in [0.29, 0.717) is 6.04 Å². The maximum atomic E-state index is 11.7. The van der Waals surface area contributed by atoms with Crippen LogP contribution in [-0.2, 0) is 9.53 Å².